The van der Waals surface area contributed by atoms with E-state index in [0.29, 0.717) is 11.4 Å². The first-order valence-electron chi connectivity index (χ1n) is 6.97. The molecule has 1 aromatic carbocycles. The maximum atomic E-state index is 12.3. The Labute approximate surface area is 155 Å². The number of carbonyl (C=O) groups excluding carboxylic acids is 1. The summed E-state index contributed by atoms with van der Waals surface area (Å²) >= 11 is 11.5. The summed E-state index contributed by atoms with van der Waals surface area (Å²) in [5.41, 5.74) is 0.303. The molecule has 2 rings (SSSR count). The molecule has 0 atom stereocenters. The first-order chi connectivity index (χ1) is 11.7. The Morgan fingerprint density at radius 1 is 1.16 bits per heavy atom. The van der Waals surface area contributed by atoms with Crippen LogP contribution in [-0.2, 0) is 14.8 Å². The van der Waals surface area contributed by atoms with Crippen LogP contribution in [0.1, 0.15) is 0 Å². The number of benzene rings is 1. The molecule has 0 bridgehead atoms. The number of hydrogen-bond acceptors (Lipinski definition) is 5. The van der Waals surface area contributed by atoms with Crippen molar-refractivity contribution in [2.24, 2.45) is 0 Å². The molecule has 1 amide bonds. The second-order valence-electron chi connectivity index (χ2n) is 5.13. The fourth-order valence-electron chi connectivity index (χ4n) is 1.70. The van der Waals surface area contributed by atoms with Gasteiger partial charge in [0.1, 0.15) is 15.8 Å². The number of pyridine rings is 1. The van der Waals surface area contributed by atoms with E-state index >= 15 is 0 Å². The lowest BCUT2D eigenvalue weighted by Crippen LogP contribution is -2.27. The molecule has 2 aromatic rings. The van der Waals surface area contributed by atoms with Crippen LogP contribution < -0.4 is 9.46 Å². The lowest BCUT2D eigenvalue weighted by atomic mass is 10.3. The molecule has 0 saturated carbocycles. The molecule has 0 aliphatic carbocycles. The van der Waals surface area contributed by atoms with E-state index < -0.39 is 10.0 Å². The summed E-state index contributed by atoms with van der Waals surface area (Å²) in [6.45, 7) is -0.107. The third-order valence-electron chi connectivity index (χ3n) is 3.04. The fraction of sp³-hybridized carbons (Fsp3) is 0.200. The minimum atomic E-state index is -3.92. The topological polar surface area (TPSA) is 88.6 Å². The van der Waals surface area contributed by atoms with Crippen LogP contribution in [0.2, 0.25) is 10.3 Å². The molecule has 7 nitrogen and oxygen atoms in total. The molecule has 1 N–H and O–H groups in total. The van der Waals surface area contributed by atoms with Gasteiger partial charge in [-0.05, 0) is 36.4 Å². The van der Waals surface area contributed by atoms with Crippen molar-refractivity contribution in [1.29, 1.82) is 0 Å². The number of ether oxygens (including phenoxy) is 1. The molecule has 134 valence electrons. The number of anilines is 1. The molecule has 10 heteroatoms. The van der Waals surface area contributed by atoms with Crippen molar-refractivity contribution in [3.8, 4) is 5.75 Å². The number of likely N-dealkylation sites (N-methyl/N-ethyl adjacent to an activating group) is 1. The third kappa shape index (κ3) is 5.22. The molecule has 0 saturated heterocycles. The van der Waals surface area contributed by atoms with Crippen LogP contribution in [0, 0.1) is 0 Å². The Bertz CT molecular complexity index is 871. The second kappa shape index (κ2) is 7.90. The molecule has 0 fully saturated rings. The van der Waals surface area contributed by atoms with Gasteiger partial charge < -0.3 is 9.64 Å². The van der Waals surface area contributed by atoms with Crippen LogP contribution in [0.25, 0.3) is 0 Å². The van der Waals surface area contributed by atoms with E-state index in [1.807, 2.05) is 0 Å². The Morgan fingerprint density at radius 3 is 2.36 bits per heavy atom. The van der Waals surface area contributed by atoms with Gasteiger partial charge in [0.25, 0.3) is 15.9 Å². The summed E-state index contributed by atoms with van der Waals surface area (Å²) in [6, 6.07) is 8.70. The van der Waals surface area contributed by atoms with Gasteiger partial charge in [-0.3, -0.25) is 9.52 Å². The van der Waals surface area contributed by atoms with Crippen LogP contribution in [0.3, 0.4) is 0 Å². The molecule has 0 aliphatic rings. The maximum absolute atomic E-state index is 12.3. The average molecular weight is 404 g/mol. The van der Waals surface area contributed by atoms with Crippen LogP contribution >= 0.6 is 23.2 Å². The summed E-state index contributed by atoms with van der Waals surface area (Å²) in [5, 5.41) is -0.125. The number of carbonyl (C=O) groups is 1. The first-order valence-corrected chi connectivity index (χ1v) is 9.21. The van der Waals surface area contributed by atoms with Crippen LogP contribution in [-0.4, -0.2) is 44.9 Å². The van der Waals surface area contributed by atoms with Gasteiger partial charge in [0.15, 0.2) is 11.8 Å². The first kappa shape index (κ1) is 19.3. The molecular weight excluding hydrogens is 389 g/mol. The van der Waals surface area contributed by atoms with Gasteiger partial charge in [-0.15, -0.1) is 0 Å². The molecule has 0 radical (unpaired) electrons. The van der Waals surface area contributed by atoms with E-state index in [4.69, 9.17) is 27.9 Å². The average Bonchev–Trinajstić information content (AvgIpc) is 2.53. The van der Waals surface area contributed by atoms with Crippen molar-refractivity contribution >= 4 is 44.8 Å². The molecule has 0 spiro atoms. The van der Waals surface area contributed by atoms with Crippen molar-refractivity contribution in [3.05, 3.63) is 46.7 Å². The van der Waals surface area contributed by atoms with Gasteiger partial charge in [-0.1, -0.05) is 23.2 Å². The molecular formula is C15H15Cl2N3O4S. The smallest absolute Gasteiger partial charge is 0.264 e. The number of sulfonamides is 1. The molecule has 1 aromatic heterocycles. The highest BCUT2D eigenvalue weighted by Gasteiger charge is 2.19. The predicted molar refractivity (Wildman–Crippen MR) is 95.7 cm³/mol. The van der Waals surface area contributed by atoms with Gasteiger partial charge in [0.05, 0.1) is 0 Å². The van der Waals surface area contributed by atoms with E-state index in [1.54, 1.807) is 26.2 Å². The van der Waals surface area contributed by atoms with Gasteiger partial charge in [-0.25, -0.2) is 13.4 Å². The number of hydrogen-bond donors (Lipinski definition) is 1. The Hall–Kier alpha value is -2.03. The van der Waals surface area contributed by atoms with Crippen LogP contribution in [0.5, 0.6) is 5.75 Å². The maximum Gasteiger partial charge on any atom is 0.264 e. The lowest BCUT2D eigenvalue weighted by molar-refractivity contribution is -0.130. The monoisotopic (exact) mass is 403 g/mol. The Kier molecular flexibility index (Phi) is 6.10. The number of halogens is 2. The highest BCUT2D eigenvalue weighted by atomic mass is 35.5. The van der Waals surface area contributed by atoms with E-state index in [-0.39, 0.29) is 27.7 Å². The van der Waals surface area contributed by atoms with E-state index in [9.17, 15) is 13.2 Å². The number of nitrogens with zero attached hydrogens (tertiary/aromatic N) is 2. The highest BCUT2D eigenvalue weighted by Crippen LogP contribution is 2.24. The number of nitrogens with one attached hydrogen (secondary N) is 1. The summed E-state index contributed by atoms with van der Waals surface area (Å²) in [4.78, 5) is 16.4. The Balaban J connectivity index is 2.08. The van der Waals surface area contributed by atoms with Crippen molar-refractivity contribution in [2.45, 2.75) is 4.90 Å². The molecule has 1 heterocycles. The van der Waals surface area contributed by atoms with Crippen molar-refractivity contribution in [3.63, 3.8) is 0 Å². The van der Waals surface area contributed by atoms with Gasteiger partial charge in [-0.2, -0.15) is 0 Å². The van der Waals surface area contributed by atoms with Gasteiger partial charge in [0, 0.05) is 19.8 Å². The standard InChI is InChI=1S/C15H15Cl2N3O4S/c1-20(2)14(21)9-24-11-5-3-10(4-6-11)19-25(22,23)12-7-8-13(16)18-15(12)17/h3-8,19H,9H2,1-2H3. The minimum Gasteiger partial charge on any atom is -0.484 e. The second-order valence-corrected chi connectivity index (χ2v) is 7.53. The van der Waals surface area contributed by atoms with Crippen molar-refractivity contribution < 1.29 is 17.9 Å². The van der Waals surface area contributed by atoms with E-state index in [1.165, 1.54) is 29.2 Å². The Morgan fingerprint density at radius 2 is 1.80 bits per heavy atom. The highest BCUT2D eigenvalue weighted by molar-refractivity contribution is 7.92. The normalized spacial score (nSPS) is 11.0. The summed E-state index contributed by atoms with van der Waals surface area (Å²) in [6.07, 6.45) is 0. The zero-order valence-corrected chi connectivity index (χ0v) is 15.7. The predicted octanol–water partition coefficient (Wildman–Crippen LogP) is 2.66. The molecule has 25 heavy (non-hydrogen) atoms. The summed E-state index contributed by atoms with van der Waals surface area (Å²) in [7, 11) is -0.665. The van der Waals surface area contributed by atoms with E-state index in [2.05, 4.69) is 9.71 Å². The van der Waals surface area contributed by atoms with Crippen molar-refractivity contribution in [2.75, 3.05) is 25.4 Å². The third-order valence-corrected chi connectivity index (χ3v) is 5.06. The van der Waals surface area contributed by atoms with Crippen LogP contribution in [0.15, 0.2) is 41.3 Å². The summed E-state index contributed by atoms with van der Waals surface area (Å²) in [5.74, 6) is 0.249. The lowest BCUT2D eigenvalue weighted by Gasteiger charge is -2.12. The summed E-state index contributed by atoms with van der Waals surface area (Å²) < 4.78 is 32.4. The SMILES string of the molecule is CN(C)C(=O)COc1ccc(NS(=O)(=O)c2ccc(Cl)nc2Cl)cc1. The number of aromatic nitrogens is 1. The zero-order chi connectivity index (χ0) is 18.6. The quantitative estimate of drug-likeness (QED) is 0.748. The van der Waals surface area contributed by atoms with E-state index in [0.717, 1.165) is 0 Å². The minimum absolute atomic E-state index is 0.0951. The van der Waals surface area contributed by atoms with Crippen LogP contribution in [0.4, 0.5) is 5.69 Å². The zero-order valence-electron chi connectivity index (χ0n) is 13.4. The molecule has 0 unspecified atom stereocenters. The number of amides is 1. The van der Waals surface area contributed by atoms with Gasteiger partial charge >= 0.3 is 0 Å². The van der Waals surface area contributed by atoms with Crippen molar-refractivity contribution in [1.82, 2.24) is 9.88 Å². The number of rotatable bonds is 6. The van der Waals surface area contributed by atoms with Gasteiger partial charge in [0.2, 0.25) is 0 Å². The molecule has 0 aliphatic heterocycles. The largest absolute Gasteiger partial charge is 0.484 e. The fourth-order valence-corrected chi connectivity index (χ4v) is 3.42.